The highest BCUT2D eigenvalue weighted by Gasteiger charge is 2.27. The molecule has 4 nitrogen and oxygen atoms in total. The first kappa shape index (κ1) is 18.1. The molecule has 142 valence electrons. The Balaban J connectivity index is 1.48. The van der Waals surface area contributed by atoms with E-state index < -0.39 is 0 Å². The molecule has 1 fully saturated rings. The minimum absolute atomic E-state index is 0.198. The Kier molecular flexibility index (Phi) is 5.17. The van der Waals surface area contributed by atoms with Crippen LogP contribution in [0.25, 0.3) is 0 Å². The molecule has 1 amide bonds. The van der Waals surface area contributed by atoms with Crippen LogP contribution in [0.1, 0.15) is 57.8 Å². The smallest absolute Gasteiger partial charge is 0.254 e. The van der Waals surface area contributed by atoms with Crippen molar-refractivity contribution in [1.82, 2.24) is 4.90 Å². The van der Waals surface area contributed by atoms with Gasteiger partial charge in [0.05, 0.1) is 0 Å². The number of carbonyl (C=O) groups excluding carboxylic acids is 1. The molecule has 0 aromatic heterocycles. The van der Waals surface area contributed by atoms with Crippen LogP contribution in [0.2, 0.25) is 0 Å². The van der Waals surface area contributed by atoms with Crippen LogP contribution in [0.5, 0.6) is 0 Å². The van der Waals surface area contributed by atoms with Gasteiger partial charge < -0.3 is 16.0 Å². The standard InChI is InChI=1S/C23H29N3O/c1-16-7-8-21(20-6-3-11-25-22(16)20)23(27)26-12-9-18(10-13-26)19-5-2-4-17(14-19)15-24/h2,4-5,7-8,14,18,25H,3,6,9-13,15,24H2,1H3. The van der Waals surface area contributed by atoms with Crippen molar-refractivity contribution in [2.24, 2.45) is 5.73 Å². The Morgan fingerprint density at radius 2 is 2.04 bits per heavy atom. The zero-order chi connectivity index (χ0) is 18.8. The SMILES string of the molecule is Cc1ccc(C(=O)N2CCC(c3cccc(CN)c3)CC2)c2c1NCCC2. The van der Waals surface area contributed by atoms with Crippen LogP contribution in [-0.4, -0.2) is 30.4 Å². The fourth-order valence-corrected chi connectivity index (χ4v) is 4.51. The third-order valence-corrected chi connectivity index (χ3v) is 6.10. The molecule has 0 aliphatic carbocycles. The van der Waals surface area contributed by atoms with Crippen LogP contribution < -0.4 is 11.1 Å². The van der Waals surface area contributed by atoms with Crippen LogP contribution in [-0.2, 0) is 13.0 Å². The van der Waals surface area contributed by atoms with E-state index in [1.807, 2.05) is 11.0 Å². The summed E-state index contributed by atoms with van der Waals surface area (Å²) in [5, 5.41) is 3.49. The molecule has 0 atom stereocenters. The number of hydrogen-bond acceptors (Lipinski definition) is 3. The highest BCUT2D eigenvalue weighted by Crippen LogP contribution is 2.32. The molecule has 2 aliphatic rings. The molecule has 0 radical (unpaired) electrons. The monoisotopic (exact) mass is 363 g/mol. The number of likely N-dealkylation sites (tertiary alicyclic amines) is 1. The summed E-state index contributed by atoms with van der Waals surface area (Å²) in [6.45, 7) is 5.35. The number of fused-ring (bicyclic) bond motifs is 1. The molecule has 2 aliphatic heterocycles. The van der Waals surface area contributed by atoms with Crippen molar-refractivity contribution in [3.8, 4) is 0 Å². The van der Waals surface area contributed by atoms with Crippen LogP contribution in [0, 0.1) is 6.92 Å². The number of rotatable bonds is 3. The van der Waals surface area contributed by atoms with Crippen molar-refractivity contribution < 1.29 is 4.79 Å². The number of aryl methyl sites for hydroxylation is 1. The van der Waals surface area contributed by atoms with Crippen molar-refractivity contribution in [3.05, 3.63) is 64.2 Å². The Labute approximate surface area is 161 Å². The fraction of sp³-hybridized carbons (Fsp3) is 0.435. The number of nitrogens with two attached hydrogens (primary N) is 1. The number of carbonyl (C=O) groups is 1. The van der Waals surface area contributed by atoms with Gasteiger partial charge in [-0.1, -0.05) is 30.3 Å². The summed E-state index contributed by atoms with van der Waals surface area (Å²) < 4.78 is 0. The summed E-state index contributed by atoms with van der Waals surface area (Å²) in [5.41, 5.74) is 12.9. The summed E-state index contributed by atoms with van der Waals surface area (Å²) in [5.74, 6) is 0.721. The second-order valence-corrected chi connectivity index (χ2v) is 7.83. The van der Waals surface area contributed by atoms with Crippen LogP contribution in [0.3, 0.4) is 0 Å². The molecular weight excluding hydrogens is 334 g/mol. The van der Waals surface area contributed by atoms with E-state index in [4.69, 9.17) is 5.73 Å². The van der Waals surface area contributed by atoms with Gasteiger partial charge in [-0.3, -0.25) is 4.79 Å². The quantitative estimate of drug-likeness (QED) is 0.871. The summed E-state index contributed by atoms with van der Waals surface area (Å²) in [7, 11) is 0. The van der Waals surface area contributed by atoms with E-state index in [-0.39, 0.29) is 5.91 Å². The normalized spacial score (nSPS) is 17.3. The first-order chi connectivity index (χ1) is 13.2. The van der Waals surface area contributed by atoms with Gasteiger partial charge in [0, 0.05) is 37.4 Å². The van der Waals surface area contributed by atoms with Crippen molar-refractivity contribution in [3.63, 3.8) is 0 Å². The van der Waals surface area contributed by atoms with E-state index in [0.717, 1.165) is 50.9 Å². The van der Waals surface area contributed by atoms with Gasteiger partial charge in [-0.15, -0.1) is 0 Å². The number of nitrogens with zero attached hydrogens (tertiary/aromatic N) is 1. The minimum atomic E-state index is 0.198. The molecular formula is C23H29N3O. The van der Waals surface area contributed by atoms with E-state index in [0.29, 0.717) is 12.5 Å². The predicted octanol–water partition coefficient (Wildman–Crippen LogP) is 3.83. The maximum atomic E-state index is 13.2. The molecule has 4 heteroatoms. The van der Waals surface area contributed by atoms with Gasteiger partial charge in [-0.05, 0) is 66.8 Å². The van der Waals surface area contributed by atoms with Gasteiger partial charge in [-0.2, -0.15) is 0 Å². The fourth-order valence-electron chi connectivity index (χ4n) is 4.51. The maximum absolute atomic E-state index is 13.2. The Bertz CT molecular complexity index is 838. The zero-order valence-electron chi connectivity index (χ0n) is 16.1. The summed E-state index contributed by atoms with van der Waals surface area (Å²) in [6.07, 6.45) is 4.13. The first-order valence-corrected chi connectivity index (χ1v) is 10.1. The number of nitrogens with one attached hydrogen (secondary N) is 1. The molecule has 27 heavy (non-hydrogen) atoms. The lowest BCUT2D eigenvalue weighted by Gasteiger charge is -2.33. The average molecular weight is 364 g/mol. The molecule has 2 aromatic carbocycles. The first-order valence-electron chi connectivity index (χ1n) is 10.1. The highest BCUT2D eigenvalue weighted by molar-refractivity contribution is 5.97. The van der Waals surface area contributed by atoms with Crippen molar-refractivity contribution >= 4 is 11.6 Å². The maximum Gasteiger partial charge on any atom is 0.254 e. The summed E-state index contributed by atoms with van der Waals surface area (Å²) in [6, 6.07) is 12.7. The molecule has 0 spiro atoms. The van der Waals surface area contributed by atoms with Gasteiger partial charge in [-0.25, -0.2) is 0 Å². The summed E-state index contributed by atoms with van der Waals surface area (Å²) >= 11 is 0. The minimum Gasteiger partial charge on any atom is -0.385 e. The highest BCUT2D eigenvalue weighted by atomic mass is 16.2. The molecule has 4 rings (SSSR count). The molecule has 2 aromatic rings. The largest absolute Gasteiger partial charge is 0.385 e. The van der Waals surface area contributed by atoms with Crippen LogP contribution >= 0.6 is 0 Å². The predicted molar refractivity (Wildman–Crippen MR) is 110 cm³/mol. The van der Waals surface area contributed by atoms with Crippen molar-refractivity contribution in [1.29, 1.82) is 0 Å². The lowest BCUT2D eigenvalue weighted by Crippen LogP contribution is -2.38. The van der Waals surface area contributed by atoms with Crippen molar-refractivity contribution in [2.45, 2.75) is 45.1 Å². The number of benzene rings is 2. The van der Waals surface area contributed by atoms with E-state index in [9.17, 15) is 4.79 Å². The van der Waals surface area contributed by atoms with Gasteiger partial charge in [0.2, 0.25) is 0 Å². The third kappa shape index (κ3) is 3.59. The molecule has 0 saturated carbocycles. The van der Waals surface area contributed by atoms with E-state index in [1.54, 1.807) is 0 Å². The average Bonchev–Trinajstić information content (AvgIpc) is 2.74. The van der Waals surface area contributed by atoms with Gasteiger partial charge >= 0.3 is 0 Å². The second kappa shape index (κ2) is 7.73. The van der Waals surface area contributed by atoms with Crippen LogP contribution in [0.4, 0.5) is 5.69 Å². The third-order valence-electron chi connectivity index (χ3n) is 6.10. The number of anilines is 1. The van der Waals surface area contributed by atoms with Crippen molar-refractivity contribution in [2.75, 3.05) is 25.0 Å². The lowest BCUT2D eigenvalue weighted by atomic mass is 9.88. The molecule has 2 heterocycles. The Hall–Kier alpha value is -2.33. The number of piperidine rings is 1. The van der Waals surface area contributed by atoms with E-state index in [2.05, 4.69) is 42.6 Å². The lowest BCUT2D eigenvalue weighted by molar-refractivity contribution is 0.0712. The van der Waals surface area contributed by atoms with E-state index in [1.165, 1.54) is 27.9 Å². The number of amides is 1. The van der Waals surface area contributed by atoms with Gasteiger partial charge in [0.25, 0.3) is 5.91 Å². The van der Waals surface area contributed by atoms with E-state index >= 15 is 0 Å². The number of hydrogen-bond donors (Lipinski definition) is 2. The topological polar surface area (TPSA) is 58.4 Å². The molecule has 3 N–H and O–H groups in total. The molecule has 1 saturated heterocycles. The van der Waals surface area contributed by atoms with Gasteiger partial charge in [0.1, 0.15) is 0 Å². The summed E-state index contributed by atoms with van der Waals surface area (Å²) in [4.78, 5) is 15.3. The van der Waals surface area contributed by atoms with Crippen LogP contribution in [0.15, 0.2) is 36.4 Å². The zero-order valence-corrected chi connectivity index (χ0v) is 16.1. The Morgan fingerprint density at radius 3 is 2.81 bits per heavy atom. The molecule has 0 bridgehead atoms. The second-order valence-electron chi connectivity index (χ2n) is 7.83. The molecule has 0 unspecified atom stereocenters. The Morgan fingerprint density at radius 1 is 1.22 bits per heavy atom. The van der Waals surface area contributed by atoms with Gasteiger partial charge in [0.15, 0.2) is 0 Å².